The first-order chi connectivity index (χ1) is 9.52. The van der Waals surface area contributed by atoms with Gasteiger partial charge < -0.3 is 14.7 Å². The number of hydrogen-bond acceptors (Lipinski definition) is 3. The lowest BCUT2D eigenvalue weighted by Crippen LogP contribution is -2.46. The molecule has 1 aliphatic heterocycles. The van der Waals surface area contributed by atoms with Crippen LogP contribution in [0.4, 0.5) is 0 Å². The number of nitrogens with zero attached hydrogens (tertiary/aromatic N) is 1. The van der Waals surface area contributed by atoms with Gasteiger partial charge in [0.15, 0.2) is 0 Å². The van der Waals surface area contributed by atoms with E-state index in [0.29, 0.717) is 24.6 Å². The summed E-state index contributed by atoms with van der Waals surface area (Å²) in [5, 5.41) is 8.85. The van der Waals surface area contributed by atoms with Crippen LogP contribution in [0.2, 0.25) is 0 Å². The molecule has 5 nitrogen and oxygen atoms in total. The molecule has 1 aromatic rings. The van der Waals surface area contributed by atoms with Crippen molar-refractivity contribution < 1.29 is 19.4 Å². The van der Waals surface area contributed by atoms with Crippen LogP contribution in [-0.4, -0.2) is 48.2 Å². The SMILES string of the molecule is COC1CN(C(=O)c2ccc(C(=O)O)cc2)CCC1C. The van der Waals surface area contributed by atoms with Crippen LogP contribution in [0.1, 0.15) is 34.1 Å². The van der Waals surface area contributed by atoms with Crippen molar-refractivity contribution in [2.45, 2.75) is 19.4 Å². The van der Waals surface area contributed by atoms with Gasteiger partial charge in [-0.2, -0.15) is 0 Å². The average Bonchev–Trinajstić information content (AvgIpc) is 2.47. The number of hydrogen-bond donors (Lipinski definition) is 1. The number of carbonyl (C=O) groups excluding carboxylic acids is 1. The minimum atomic E-state index is -0.991. The Kier molecular flexibility index (Phi) is 4.39. The molecule has 1 aliphatic rings. The van der Waals surface area contributed by atoms with Gasteiger partial charge in [-0.1, -0.05) is 6.92 Å². The maximum absolute atomic E-state index is 12.4. The van der Waals surface area contributed by atoms with Gasteiger partial charge in [-0.05, 0) is 36.6 Å². The number of amides is 1. The summed E-state index contributed by atoms with van der Waals surface area (Å²) in [6.07, 6.45) is 0.975. The van der Waals surface area contributed by atoms with Crippen molar-refractivity contribution in [2.75, 3.05) is 20.2 Å². The van der Waals surface area contributed by atoms with Gasteiger partial charge in [-0.25, -0.2) is 4.79 Å². The summed E-state index contributed by atoms with van der Waals surface area (Å²) in [5.41, 5.74) is 0.697. The second kappa shape index (κ2) is 6.05. The number of piperidine rings is 1. The van der Waals surface area contributed by atoms with Gasteiger partial charge >= 0.3 is 5.97 Å². The van der Waals surface area contributed by atoms with Gasteiger partial charge in [0.05, 0.1) is 11.7 Å². The van der Waals surface area contributed by atoms with E-state index in [1.807, 2.05) is 0 Å². The van der Waals surface area contributed by atoms with Gasteiger partial charge in [-0.3, -0.25) is 4.79 Å². The molecule has 2 atom stereocenters. The summed E-state index contributed by atoms with van der Waals surface area (Å²) < 4.78 is 5.40. The van der Waals surface area contributed by atoms with E-state index in [0.717, 1.165) is 6.42 Å². The predicted molar refractivity (Wildman–Crippen MR) is 73.9 cm³/mol. The number of methoxy groups -OCH3 is 1. The van der Waals surface area contributed by atoms with Gasteiger partial charge in [0, 0.05) is 25.8 Å². The van der Waals surface area contributed by atoms with E-state index in [2.05, 4.69) is 6.92 Å². The van der Waals surface area contributed by atoms with Crippen LogP contribution in [0.15, 0.2) is 24.3 Å². The lowest BCUT2D eigenvalue weighted by atomic mass is 9.95. The molecule has 0 aliphatic carbocycles. The molecule has 2 unspecified atom stereocenters. The summed E-state index contributed by atoms with van der Waals surface area (Å²) in [6.45, 7) is 3.41. The molecular weight excluding hydrogens is 258 g/mol. The highest BCUT2D eigenvalue weighted by atomic mass is 16.5. The molecule has 1 fully saturated rings. The van der Waals surface area contributed by atoms with E-state index < -0.39 is 5.97 Å². The smallest absolute Gasteiger partial charge is 0.335 e. The molecule has 108 valence electrons. The standard InChI is InChI=1S/C15H19NO4/c1-10-7-8-16(9-13(10)20-2)14(17)11-3-5-12(6-4-11)15(18)19/h3-6,10,13H,7-9H2,1-2H3,(H,18,19). The summed E-state index contributed by atoms with van der Waals surface area (Å²) in [4.78, 5) is 24.9. The Morgan fingerprint density at radius 3 is 2.40 bits per heavy atom. The Bertz CT molecular complexity index is 497. The van der Waals surface area contributed by atoms with Crippen LogP contribution in [0.25, 0.3) is 0 Å². The van der Waals surface area contributed by atoms with Crippen molar-refractivity contribution in [3.63, 3.8) is 0 Å². The number of rotatable bonds is 3. The molecule has 0 spiro atoms. The molecule has 2 rings (SSSR count). The maximum atomic E-state index is 12.4. The van der Waals surface area contributed by atoms with E-state index in [1.54, 1.807) is 24.1 Å². The molecule has 20 heavy (non-hydrogen) atoms. The molecule has 1 heterocycles. The van der Waals surface area contributed by atoms with Gasteiger partial charge in [0.2, 0.25) is 0 Å². The topological polar surface area (TPSA) is 66.8 Å². The predicted octanol–water partition coefficient (Wildman–Crippen LogP) is 1.88. The Hall–Kier alpha value is -1.88. The molecule has 1 N–H and O–H groups in total. The monoisotopic (exact) mass is 277 g/mol. The molecule has 1 amide bonds. The highest BCUT2D eigenvalue weighted by Crippen LogP contribution is 2.21. The van der Waals surface area contributed by atoms with E-state index in [4.69, 9.17) is 9.84 Å². The van der Waals surface area contributed by atoms with Gasteiger partial charge in [-0.15, -0.1) is 0 Å². The first kappa shape index (κ1) is 14.5. The highest BCUT2D eigenvalue weighted by Gasteiger charge is 2.29. The largest absolute Gasteiger partial charge is 0.478 e. The lowest BCUT2D eigenvalue weighted by molar-refractivity contribution is -0.00156. The van der Waals surface area contributed by atoms with Crippen molar-refractivity contribution in [3.05, 3.63) is 35.4 Å². The van der Waals surface area contributed by atoms with Crippen molar-refractivity contribution in [2.24, 2.45) is 5.92 Å². The molecule has 0 saturated carbocycles. The Morgan fingerprint density at radius 1 is 1.25 bits per heavy atom. The zero-order valence-electron chi connectivity index (χ0n) is 11.7. The fourth-order valence-corrected chi connectivity index (χ4v) is 2.46. The maximum Gasteiger partial charge on any atom is 0.335 e. The van der Waals surface area contributed by atoms with Gasteiger partial charge in [0.25, 0.3) is 5.91 Å². The quantitative estimate of drug-likeness (QED) is 0.916. The van der Waals surface area contributed by atoms with Gasteiger partial charge in [0.1, 0.15) is 0 Å². The minimum absolute atomic E-state index is 0.0611. The second-order valence-electron chi connectivity index (χ2n) is 5.17. The molecule has 1 aromatic carbocycles. The third kappa shape index (κ3) is 2.99. The first-order valence-electron chi connectivity index (χ1n) is 6.68. The van der Waals surface area contributed by atoms with Crippen LogP contribution in [-0.2, 0) is 4.74 Å². The fraction of sp³-hybridized carbons (Fsp3) is 0.467. The van der Waals surface area contributed by atoms with Crippen molar-refractivity contribution in [1.82, 2.24) is 4.90 Å². The molecule has 1 saturated heterocycles. The van der Waals surface area contributed by atoms with Crippen LogP contribution in [0, 0.1) is 5.92 Å². The first-order valence-corrected chi connectivity index (χ1v) is 6.68. The number of carbonyl (C=O) groups is 2. The fourth-order valence-electron chi connectivity index (χ4n) is 2.46. The normalized spacial score (nSPS) is 22.6. The van der Waals surface area contributed by atoms with Crippen LogP contribution in [0.3, 0.4) is 0 Å². The minimum Gasteiger partial charge on any atom is -0.478 e. The number of carboxylic acids is 1. The van der Waals surface area contributed by atoms with E-state index in [1.165, 1.54) is 12.1 Å². The van der Waals surface area contributed by atoms with E-state index >= 15 is 0 Å². The molecule has 0 aromatic heterocycles. The van der Waals surface area contributed by atoms with Crippen molar-refractivity contribution in [3.8, 4) is 0 Å². The third-order valence-electron chi connectivity index (χ3n) is 3.86. The Morgan fingerprint density at radius 2 is 1.85 bits per heavy atom. The summed E-state index contributed by atoms with van der Waals surface area (Å²) in [7, 11) is 1.66. The van der Waals surface area contributed by atoms with E-state index in [9.17, 15) is 9.59 Å². The zero-order valence-corrected chi connectivity index (χ0v) is 11.7. The number of benzene rings is 1. The molecule has 0 bridgehead atoms. The second-order valence-corrected chi connectivity index (χ2v) is 5.17. The van der Waals surface area contributed by atoms with E-state index in [-0.39, 0.29) is 17.6 Å². The highest BCUT2D eigenvalue weighted by molar-refractivity contribution is 5.96. The summed E-state index contributed by atoms with van der Waals surface area (Å²) in [5.74, 6) is -0.621. The lowest BCUT2D eigenvalue weighted by Gasteiger charge is -2.36. The van der Waals surface area contributed by atoms with Crippen molar-refractivity contribution >= 4 is 11.9 Å². The molecule has 5 heteroatoms. The summed E-state index contributed by atoms with van der Waals surface area (Å²) in [6, 6.07) is 6.03. The summed E-state index contributed by atoms with van der Waals surface area (Å²) >= 11 is 0. The Balaban J connectivity index is 2.09. The van der Waals surface area contributed by atoms with Crippen molar-refractivity contribution in [1.29, 1.82) is 0 Å². The van der Waals surface area contributed by atoms with Crippen LogP contribution < -0.4 is 0 Å². The number of carboxylic acid groups (broad SMARTS) is 1. The third-order valence-corrected chi connectivity index (χ3v) is 3.86. The van der Waals surface area contributed by atoms with Crippen LogP contribution in [0.5, 0.6) is 0 Å². The molecular formula is C15H19NO4. The Labute approximate surface area is 118 Å². The molecule has 0 radical (unpaired) electrons. The average molecular weight is 277 g/mol. The number of aromatic carboxylic acids is 1. The number of likely N-dealkylation sites (tertiary alicyclic amines) is 1. The zero-order chi connectivity index (χ0) is 14.7. The number of ether oxygens (including phenoxy) is 1. The van der Waals surface area contributed by atoms with Crippen LogP contribution >= 0.6 is 0 Å².